The molecule has 1 amide bonds. The zero-order valence-corrected chi connectivity index (χ0v) is 19.2. The van der Waals surface area contributed by atoms with Gasteiger partial charge in [-0.05, 0) is 74.0 Å². The lowest BCUT2D eigenvalue weighted by Gasteiger charge is -2.39. The number of benzene rings is 2. The molecular formula is C26H32F2N4O. The Morgan fingerprint density at radius 3 is 2.33 bits per heavy atom. The van der Waals surface area contributed by atoms with Crippen LogP contribution in [0, 0.1) is 11.6 Å². The second-order valence-corrected chi connectivity index (χ2v) is 9.51. The molecule has 0 aliphatic carbocycles. The molecular weight excluding hydrogens is 422 g/mol. The van der Waals surface area contributed by atoms with Gasteiger partial charge in [-0.1, -0.05) is 0 Å². The van der Waals surface area contributed by atoms with Crippen molar-refractivity contribution in [1.82, 2.24) is 14.7 Å². The van der Waals surface area contributed by atoms with Gasteiger partial charge in [-0.2, -0.15) is 0 Å². The van der Waals surface area contributed by atoms with E-state index in [1.54, 1.807) is 13.0 Å². The average molecular weight is 455 g/mol. The van der Waals surface area contributed by atoms with E-state index in [4.69, 9.17) is 0 Å². The van der Waals surface area contributed by atoms with Gasteiger partial charge in [-0.15, -0.1) is 0 Å². The predicted octanol–water partition coefficient (Wildman–Crippen LogP) is 3.83. The van der Waals surface area contributed by atoms with Crippen LogP contribution in [0.25, 0.3) is 0 Å². The highest BCUT2D eigenvalue weighted by Gasteiger charge is 2.42. The van der Waals surface area contributed by atoms with Crippen LogP contribution in [0.2, 0.25) is 0 Å². The number of amides is 1. The Morgan fingerprint density at radius 2 is 1.61 bits per heavy atom. The second-order valence-electron chi connectivity index (χ2n) is 9.51. The molecule has 0 N–H and O–H groups in total. The fourth-order valence-corrected chi connectivity index (χ4v) is 5.78. The van der Waals surface area contributed by atoms with E-state index in [1.807, 2.05) is 23.1 Å². The van der Waals surface area contributed by atoms with Crippen LogP contribution in [-0.4, -0.2) is 79.0 Å². The summed E-state index contributed by atoms with van der Waals surface area (Å²) in [6.07, 6.45) is 2.09. The SMILES string of the molecule is CC(=O)N1CCN(CCCN2CCC3C(C2)c2cc(F)ccc2N3c2ccc(F)cc2)CC1. The highest BCUT2D eigenvalue weighted by molar-refractivity contribution is 5.73. The number of piperazine rings is 1. The monoisotopic (exact) mass is 454 g/mol. The summed E-state index contributed by atoms with van der Waals surface area (Å²) in [5.41, 5.74) is 3.08. The van der Waals surface area contributed by atoms with Crippen LogP contribution in [0.5, 0.6) is 0 Å². The summed E-state index contributed by atoms with van der Waals surface area (Å²) in [5.74, 6) is -0.0317. The molecule has 3 aliphatic heterocycles. The number of piperidine rings is 1. The molecule has 2 saturated heterocycles. The van der Waals surface area contributed by atoms with Crippen LogP contribution in [0.15, 0.2) is 42.5 Å². The first-order chi connectivity index (χ1) is 16.0. The van der Waals surface area contributed by atoms with E-state index in [2.05, 4.69) is 14.7 Å². The van der Waals surface area contributed by atoms with Crippen LogP contribution in [0.3, 0.4) is 0 Å². The molecule has 2 atom stereocenters. The highest BCUT2D eigenvalue weighted by atomic mass is 19.1. The lowest BCUT2D eigenvalue weighted by molar-refractivity contribution is -0.130. The smallest absolute Gasteiger partial charge is 0.219 e. The molecule has 0 saturated carbocycles. The summed E-state index contributed by atoms with van der Waals surface area (Å²) in [6.45, 7) is 9.18. The Balaban J connectivity index is 1.22. The van der Waals surface area contributed by atoms with Crippen molar-refractivity contribution in [2.24, 2.45) is 0 Å². The largest absolute Gasteiger partial charge is 0.340 e. The maximum absolute atomic E-state index is 14.2. The third-order valence-electron chi connectivity index (χ3n) is 7.51. The number of nitrogens with zero attached hydrogens (tertiary/aromatic N) is 4. The van der Waals surface area contributed by atoms with Crippen molar-refractivity contribution >= 4 is 17.3 Å². The Hall–Kier alpha value is -2.51. The minimum Gasteiger partial charge on any atom is -0.340 e. The first kappa shape index (κ1) is 22.3. The quantitative estimate of drug-likeness (QED) is 0.687. The fourth-order valence-electron chi connectivity index (χ4n) is 5.78. The summed E-state index contributed by atoms with van der Waals surface area (Å²) in [7, 11) is 0. The van der Waals surface area contributed by atoms with Crippen LogP contribution >= 0.6 is 0 Å². The maximum atomic E-state index is 14.2. The molecule has 0 aromatic heterocycles. The summed E-state index contributed by atoms with van der Waals surface area (Å²) in [6, 6.07) is 12.0. The lowest BCUT2D eigenvalue weighted by Crippen LogP contribution is -2.49. The Morgan fingerprint density at radius 1 is 0.909 bits per heavy atom. The van der Waals surface area contributed by atoms with Crippen LogP contribution in [0.1, 0.15) is 31.2 Å². The van der Waals surface area contributed by atoms with Crippen LogP contribution in [0.4, 0.5) is 20.2 Å². The van der Waals surface area contributed by atoms with Gasteiger partial charge >= 0.3 is 0 Å². The first-order valence-corrected chi connectivity index (χ1v) is 12.0. The Bertz CT molecular complexity index is 990. The van der Waals surface area contributed by atoms with Crippen LogP contribution in [-0.2, 0) is 4.79 Å². The Kier molecular flexibility index (Phi) is 6.34. The van der Waals surface area contributed by atoms with Gasteiger partial charge in [0.05, 0.1) is 0 Å². The van der Waals surface area contributed by atoms with Gasteiger partial charge in [0, 0.05) is 69.5 Å². The number of rotatable bonds is 5. The second kappa shape index (κ2) is 9.39. The molecule has 0 radical (unpaired) electrons. The molecule has 2 aromatic carbocycles. The third-order valence-corrected chi connectivity index (χ3v) is 7.51. The lowest BCUT2D eigenvalue weighted by atomic mass is 9.89. The van der Waals surface area contributed by atoms with E-state index in [1.165, 1.54) is 18.2 Å². The number of fused-ring (bicyclic) bond motifs is 3. The summed E-state index contributed by atoms with van der Waals surface area (Å²) in [5, 5.41) is 0. The number of halogens is 2. The van der Waals surface area contributed by atoms with E-state index < -0.39 is 0 Å². The number of likely N-dealkylation sites (tertiary alicyclic amines) is 1. The normalized spacial score (nSPS) is 23.5. The predicted molar refractivity (Wildman–Crippen MR) is 126 cm³/mol. The third kappa shape index (κ3) is 4.62. The minimum atomic E-state index is -0.244. The van der Waals surface area contributed by atoms with Crippen LogP contribution < -0.4 is 4.90 Å². The van der Waals surface area contributed by atoms with Crippen molar-refractivity contribution in [3.05, 3.63) is 59.7 Å². The van der Waals surface area contributed by atoms with Gasteiger partial charge in [-0.3, -0.25) is 9.69 Å². The van der Waals surface area contributed by atoms with Crippen molar-refractivity contribution < 1.29 is 13.6 Å². The van der Waals surface area contributed by atoms with E-state index >= 15 is 0 Å². The molecule has 2 unspecified atom stereocenters. The van der Waals surface area contributed by atoms with Gasteiger partial charge in [0.2, 0.25) is 5.91 Å². The summed E-state index contributed by atoms with van der Waals surface area (Å²) < 4.78 is 27.7. The van der Waals surface area contributed by atoms with Crippen molar-refractivity contribution in [3.8, 4) is 0 Å². The van der Waals surface area contributed by atoms with Gasteiger partial charge in [0.15, 0.2) is 0 Å². The van der Waals surface area contributed by atoms with E-state index in [0.29, 0.717) is 0 Å². The van der Waals surface area contributed by atoms with E-state index in [0.717, 1.165) is 82.1 Å². The topological polar surface area (TPSA) is 30.0 Å². The maximum Gasteiger partial charge on any atom is 0.219 e. The minimum absolute atomic E-state index is 0.167. The number of hydrogen-bond donors (Lipinski definition) is 0. The molecule has 176 valence electrons. The number of carbonyl (C=O) groups excluding carboxylic acids is 1. The molecule has 5 nitrogen and oxygen atoms in total. The molecule has 0 bridgehead atoms. The first-order valence-electron chi connectivity index (χ1n) is 12.0. The molecule has 5 rings (SSSR count). The molecule has 3 aliphatic rings. The van der Waals surface area contributed by atoms with Crippen molar-refractivity contribution in [2.45, 2.75) is 31.7 Å². The fraction of sp³-hybridized carbons (Fsp3) is 0.500. The Labute approximate surface area is 194 Å². The van der Waals surface area contributed by atoms with Crippen molar-refractivity contribution in [1.29, 1.82) is 0 Å². The van der Waals surface area contributed by atoms with Gasteiger partial charge in [0.25, 0.3) is 0 Å². The molecule has 3 heterocycles. The van der Waals surface area contributed by atoms with Crippen molar-refractivity contribution in [2.75, 3.05) is 57.3 Å². The average Bonchev–Trinajstić information content (AvgIpc) is 3.13. The number of anilines is 2. The van der Waals surface area contributed by atoms with Gasteiger partial charge < -0.3 is 14.7 Å². The number of hydrogen-bond acceptors (Lipinski definition) is 4. The summed E-state index contributed by atoms with van der Waals surface area (Å²) >= 11 is 0. The summed E-state index contributed by atoms with van der Waals surface area (Å²) in [4.78, 5) is 20.7. The molecule has 2 aromatic rings. The standard InChI is InChI=1S/C26H32F2N4O/c1-19(33)31-15-13-29(14-16-31)10-2-11-30-12-9-26-24(18-30)23-17-21(28)5-8-25(23)32(26)22-6-3-20(27)4-7-22/h3-8,17,24,26H,2,9-16,18H2,1H3. The highest BCUT2D eigenvalue weighted by Crippen LogP contribution is 2.48. The molecule has 0 spiro atoms. The zero-order valence-electron chi connectivity index (χ0n) is 19.2. The van der Waals surface area contributed by atoms with Gasteiger partial charge in [-0.25, -0.2) is 8.78 Å². The molecule has 2 fully saturated rings. The zero-order chi connectivity index (χ0) is 22.9. The number of carbonyl (C=O) groups is 1. The van der Waals surface area contributed by atoms with E-state index in [9.17, 15) is 13.6 Å². The van der Waals surface area contributed by atoms with Crippen molar-refractivity contribution in [3.63, 3.8) is 0 Å². The van der Waals surface area contributed by atoms with E-state index in [-0.39, 0.29) is 29.5 Å². The molecule has 7 heteroatoms. The van der Waals surface area contributed by atoms with Gasteiger partial charge in [0.1, 0.15) is 11.6 Å². The molecule has 33 heavy (non-hydrogen) atoms.